The first-order valence-corrected chi connectivity index (χ1v) is 16.2. The molecule has 0 bridgehead atoms. The summed E-state index contributed by atoms with van der Waals surface area (Å²) in [5.41, 5.74) is 5.33. The molecule has 1 fully saturated rings. The van der Waals surface area contributed by atoms with Crippen LogP contribution in [0.4, 0.5) is 11.4 Å². The second kappa shape index (κ2) is 11.8. The first kappa shape index (κ1) is 31.3. The standard InChI is InChI=1S/C30H27N3O7S2.Na/c31-28-25(42(38,39)40)16-24(26-27(28)30(35)23-8-4-3-7-22(23)29(26)34)32-19-10-12-20(13-11-19)33-41(36,37)21-14-9-17-5-1-2-6-18(17)15-21;/h1-9,14-16,19-20,32-33H,10-13,31H2,(H,38,39,40);/q;+1/p-1. The molecule has 0 atom stereocenters. The number of anilines is 2. The van der Waals surface area contributed by atoms with Crippen LogP contribution in [0.25, 0.3) is 10.8 Å². The van der Waals surface area contributed by atoms with Gasteiger partial charge in [-0.25, -0.2) is 21.6 Å². The summed E-state index contributed by atoms with van der Waals surface area (Å²) in [5.74, 6) is -1.15. The predicted octanol–water partition coefficient (Wildman–Crippen LogP) is 0.807. The van der Waals surface area contributed by atoms with E-state index in [0.29, 0.717) is 25.7 Å². The van der Waals surface area contributed by atoms with Crippen LogP contribution in [0.5, 0.6) is 0 Å². The van der Waals surface area contributed by atoms with Crippen molar-refractivity contribution in [2.45, 2.75) is 47.6 Å². The Morgan fingerprint density at radius 2 is 1.28 bits per heavy atom. The zero-order valence-corrected chi connectivity index (χ0v) is 26.8. The summed E-state index contributed by atoms with van der Waals surface area (Å²) in [6.45, 7) is 0. The molecule has 0 heterocycles. The summed E-state index contributed by atoms with van der Waals surface area (Å²) in [5, 5.41) is 4.91. The van der Waals surface area contributed by atoms with E-state index in [1.54, 1.807) is 30.3 Å². The number of carbonyl (C=O) groups excluding carboxylic acids is 2. The van der Waals surface area contributed by atoms with Crippen molar-refractivity contribution in [3.05, 3.63) is 95.1 Å². The second-order valence-electron chi connectivity index (χ2n) is 10.6. The maximum absolute atomic E-state index is 13.5. The van der Waals surface area contributed by atoms with E-state index < -0.39 is 42.3 Å². The van der Waals surface area contributed by atoms with E-state index in [9.17, 15) is 31.0 Å². The van der Waals surface area contributed by atoms with Crippen molar-refractivity contribution in [2.24, 2.45) is 0 Å². The van der Waals surface area contributed by atoms with Crippen molar-refractivity contribution in [3.8, 4) is 0 Å². The van der Waals surface area contributed by atoms with Gasteiger partial charge in [-0.3, -0.25) is 9.59 Å². The first-order chi connectivity index (χ1) is 19.9. The van der Waals surface area contributed by atoms with E-state index in [-0.39, 0.29) is 74.5 Å². The van der Waals surface area contributed by atoms with Gasteiger partial charge < -0.3 is 15.6 Å². The van der Waals surface area contributed by atoms with Gasteiger partial charge in [-0.2, -0.15) is 0 Å². The van der Waals surface area contributed by atoms with Crippen molar-refractivity contribution in [1.29, 1.82) is 0 Å². The van der Waals surface area contributed by atoms with Gasteiger partial charge in [0.25, 0.3) is 0 Å². The molecule has 0 saturated heterocycles. The molecular formula is C30H26N3NaO7S2. The number of hydrogen-bond donors (Lipinski definition) is 3. The third-order valence-corrected chi connectivity index (χ3v) is 10.3. The zero-order chi connectivity index (χ0) is 29.8. The molecule has 0 spiro atoms. The van der Waals surface area contributed by atoms with Crippen LogP contribution in [0.15, 0.2) is 82.6 Å². The van der Waals surface area contributed by atoms with Gasteiger partial charge in [0.1, 0.15) is 10.1 Å². The van der Waals surface area contributed by atoms with Crippen LogP contribution >= 0.6 is 0 Å². The Balaban J connectivity index is 0.00000368. The SMILES string of the molecule is Nc1c(S(=O)(=O)[O-])cc(NC2CCC(NS(=O)(=O)c3ccc4ccccc4c3)CC2)c2c1C(=O)c1ccccc1C2=O.[Na+]. The quantitative estimate of drug-likeness (QED) is 0.140. The molecule has 216 valence electrons. The van der Waals surface area contributed by atoms with Crippen molar-refractivity contribution >= 4 is 53.9 Å². The second-order valence-corrected chi connectivity index (χ2v) is 13.6. The minimum atomic E-state index is -5.07. The van der Waals surface area contributed by atoms with Crippen LogP contribution in [-0.4, -0.2) is 45.0 Å². The summed E-state index contributed by atoms with van der Waals surface area (Å²) in [6, 6.07) is 19.0. The van der Waals surface area contributed by atoms with Crippen molar-refractivity contribution in [3.63, 3.8) is 0 Å². The number of nitrogens with one attached hydrogen (secondary N) is 2. The molecule has 0 aliphatic heterocycles. The van der Waals surface area contributed by atoms with Crippen molar-refractivity contribution in [1.82, 2.24) is 4.72 Å². The summed E-state index contributed by atoms with van der Waals surface area (Å²) in [7, 11) is -8.85. The van der Waals surface area contributed by atoms with Crippen LogP contribution < -0.4 is 45.3 Å². The average Bonchev–Trinajstić information content (AvgIpc) is 2.96. The number of carbonyl (C=O) groups is 2. The maximum Gasteiger partial charge on any atom is 1.00 e. The Hall–Kier alpha value is -3.10. The Morgan fingerprint density at radius 3 is 1.91 bits per heavy atom. The molecule has 13 heteroatoms. The number of nitrogen functional groups attached to an aromatic ring is 1. The molecule has 2 aliphatic carbocycles. The molecule has 4 aromatic rings. The molecule has 2 aliphatic rings. The van der Waals surface area contributed by atoms with E-state index >= 15 is 0 Å². The van der Waals surface area contributed by atoms with E-state index in [1.165, 1.54) is 12.1 Å². The fraction of sp³-hybridized carbons (Fsp3) is 0.200. The van der Waals surface area contributed by atoms with Gasteiger partial charge in [-0.1, -0.05) is 54.6 Å². The normalized spacial score (nSPS) is 18.4. The Morgan fingerprint density at radius 1 is 0.721 bits per heavy atom. The fourth-order valence-corrected chi connectivity index (χ4v) is 7.79. The molecule has 0 amide bonds. The van der Waals surface area contributed by atoms with E-state index in [2.05, 4.69) is 10.0 Å². The van der Waals surface area contributed by atoms with Crippen molar-refractivity contribution < 1.29 is 60.5 Å². The zero-order valence-electron chi connectivity index (χ0n) is 23.2. The van der Waals surface area contributed by atoms with Crippen LogP contribution in [-0.2, 0) is 20.1 Å². The Bertz CT molecular complexity index is 2010. The molecule has 10 nitrogen and oxygen atoms in total. The summed E-state index contributed by atoms with van der Waals surface area (Å²) < 4.78 is 65.2. The average molecular weight is 628 g/mol. The molecule has 0 aromatic heterocycles. The number of sulfonamides is 1. The fourth-order valence-electron chi connectivity index (χ4n) is 5.81. The van der Waals surface area contributed by atoms with Crippen molar-refractivity contribution in [2.75, 3.05) is 11.1 Å². The van der Waals surface area contributed by atoms with Gasteiger partial charge in [-0.15, -0.1) is 0 Å². The largest absolute Gasteiger partial charge is 1.00 e. The molecule has 4 aromatic carbocycles. The molecule has 4 N–H and O–H groups in total. The Kier molecular flexibility index (Phi) is 8.58. The Labute approximate surface area is 271 Å². The predicted molar refractivity (Wildman–Crippen MR) is 156 cm³/mol. The van der Waals surface area contributed by atoms with Gasteiger partial charge in [0, 0.05) is 28.9 Å². The number of rotatable bonds is 6. The number of fused-ring (bicyclic) bond motifs is 3. The summed E-state index contributed by atoms with van der Waals surface area (Å²) in [6.07, 6.45) is 1.87. The smallest absolute Gasteiger partial charge is 0.744 e. The van der Waals surface area contributed by atoms with Crippen LogP contribution in [0, 0.1) is 0 Å². The minimum Gasteiger partial charge on any atom is -0.744 e. The molecule has 0 unspecified atom stereocenters. The number of hydrogen-bond acceptors (Lipinski definition) is 9. The topological polar surface area (TPSA) is 176 Å². The molecular weight excluding hydrogens is 601 g/mol. The van der Waals surface area contributed by atoms with Gasteiger partial charge in [0.15, 0.2) is 11.6 Å². The van der Waals surface area contributed by atoms with Gasteiger partial charge in [0.05, 0.1) is 26.6 Å². The van der Waals surface area contributed by atoms with Gasteiger partial charge in [0.2, 0.25) is 10.0 Å². The summed E-state index contributed by atoms with van der Waals surface area (Å²) >= 11 is 0. The van der Waals surface area contributed by atoms with Crippen LogP contribution in [0.3, 0.4) is 0 Å². The third kappa shape index (κ3) is 5.88. The number of benzene rings is 4. The van der Waals surface area contributed by atoms with Crippen LogP contribution in [0.1, 0.15) is 57.5 Å². The number of ketones is 2. The van der Waals surface area contributed by atoms with E-state index in [0.717, 1.165) is 16.8 Å². The van der Waals surface area contributed by atoms with E-state index in [4.69, 9.17) is 5.73 Å². The first-order valence-electron chi connectivity index (χ1n) is 13.3. The van der Waals surface area contributed by atoms with Gasteiger partial charge >= 0.3 is 29.6 Å². The summed E-state index contributed by atoms with van der Waals surface area (Å²) in [4.78, 5) is 26.2. The molecule has 1 saturated carbocycles. The monoisotopic (exact) mass is 627 g/mol. The van der Waals surface area contributed by atoms with E-state index in [1.807, 2.05) is 24.3 Å². The maximum atomic E-state index is 13.5. The molecule has 43 heavy (non-hydrogen) atoms. The minimum absolute atomic E-state index is 0. The number of nitrogens with two attached hydrogens (primary N) is 1. The molecule has 6 rings (SSSR count). The van der Waals surface area contributed by atoms with Gasteiger partial charge in [-0.05, 0) is 54.7 Å². The third-order valence-electron chi connectivity index (χ3n) is 7.91. The van der Waals surface area contributed by atoms with Crippen LogP contribution in [0.2, 0.25) is 0 Å². The molecule has 0 radical (unpaired) electrons.